The summed E-state index contributed by atoms with van der Waals surface area (Å²) in [5, 5.41) is 5.42. The second-order valence-corrected chi connectivity index (χ2v) is 8.26. The van der Waals surface area contributed by atoms with Gasteiger partial charge in [0.25, 0.3) is 0 Å². The van der Waals surface area contributed by atoms with E-state index in [0.29, 0.717) is 50.5 Å². The summed E-state index contributed by atoms with van der Waals surface area (Å²) in [5.41, 5.74) is 6.14. The van der Waals surface area contributed by atoms with Gasteiger partial charge in [0.05, 0.1) is 0 Å². The summed E-state index contributed by atoms with van der Waals surface area (Å²) in [6.45, 7) is 5.84. The Kier molecular flexibility index (Phi) is 8.97. The number of amides is 3. The van der Waals surface area contributed by atoms with Gasteiger partial charge in [0.15, 0.2) is 0 Å². The fourth-order valence-electron chi connectivity index (χ4n) is 3.67. The van der Waals surface area contributed by atoms with E-state index in [0.717, 1.165) is 18.6 Å². The Morgan fingerprint density at radius 3 is 2.32 bits per heavy atom. The monoisotopic (exact) mass is 444 g/mol. The van der Waals surface area contributed by atoms with Crippen LogP contribution in [0.3, 0.4) is 0 Å². The maximum atomic E-state index is 12.5. The highest BCUT2D eigenvalue weighted by atomic mass is 19.4. The number of carbonyl (C=O) groups is 2. The first kappa shape index (κ1) is 24.8. The molecule has 0 aliphatic carbocycles. The zero-order valence-electron chi connectivity index (χ0n) is 17.9. The molecule has 1 aliphatic rings. The zero-order valence-corrected chi connectivity index (χ0v) is 17.9. The molecule has 1 saturated heterocycles. The highest BCUT2D eigenvalue weighted by Crippen LogP contribution is 2.24. The van der Waals surface area contributed by atoms with E-state index in [1.807, 2.05) is 4.90 Å². The normalized spacial score (nSPS) is 16.2. The number of anilines is 1. The van der Waals surface area contributed by atoms with E-state index < -0.39 is 12.4 Å². The Morgan fingerprint density at radius 2 is 1.81 bits per heavy atom. The minimum absolute atomic E-state index is 0.0853. The van der Waals surface area contributed by atoms with Crippen LogP contribution in [-0.2, 0) is 4.79 Å². The van der Waals surface area contributed by atoms with Crippen LogP contribution < -0.4 is 21.1 Å². The minimum Gasteiger partial charge on any atom is -0.406 e. The van der Waals surface area contributed by atoms with E-state index in [2.05, 4.69) is 29.2 Å². The summed E-state index contributed by atoms with van der Waals surface area (Å²) < 4.78 is 40.4. The first-order chi connectivity index (χ1) is 14.6. The molecule has 1 heterocycles. The molecule has 0 radical (unpaired) electrons. The Balaban J connectivity index is 1.74. The molecule has 31 heavy (non-hydrogen) atoms. The summed E-state index contributed by atoms with van der Waals surface area (Å²) in [4.78, 5) is 26.5. The predicted molar refractivity (Wildman–Crippen MR) is 111 cm³/mol. The minimum atomic E-state index is -4.76. The van der Waals surface area contributed by atoms with Gasteiger partial charge in [-0.15, -0.1) is 13.2 Å². The Bertz CT molecular complexity index is 718. The Labute approximate surface area is 180 Å². The third kappa shape index (κ3) is 9.04. The van der Waals surface area contributed by atoms with E-state index >= 15 is 0 Å². The van der Waals surface area contributed by atoms with Crippen molar-refractivity contribution >= 4 is 17.6 Å². The fourth-order valence-corrected chi connectivity index (χ4v) is 3.67. The Morgan fingerprint density at radius 1 is 1.19 bits per heavy atom. The molecule has 7 nitrogen and oxygen atoms in total. The van der Waals surface area contributed by atoms with Crippen molar-refractivity contribution in [3.05, 3.63) is 24.3 Å². The second-order valence-electron chi connectivity index (χ2n) is 8.26. The molecule has 10 heteroatoms. The molecule has 174 valence electrons. The molecule has 0 aromatic heterocycles. The molecule has 2 rings (SSSR count). The third-order valence-electron chi connectivity index (χ3n) is 5.13. The highest BCUT2D eigenvalue weighted by Gasteiger charge is 2.31. The average Bonchev–Trinajstić information content (AvgIpc) is 2.68. The van der Waals surface area contributed by atoms with Crippen molar-refractivity contribution in [1.82, 2.24) is 10.2 Å². The van der Waals surface area contributed by atoms with Gasteiger partial charge in [-0.05, 0) is 61.9 Å². The molecular weight excluding hydrogens is 413 g/mol. The van der Waals surface area contributed by atoms with Crippen molar-refractivity contribution in [3.63, 3.8) is 0 Å². The lowest BCUT2D eigenvalue weighted by Crippen LogP contribution is -2.48. The zero-order chi connectivity index (χ0) is 23.0. The number of halogens is 3. The van der Waals surface area contributed by atoms with Gasteiger partial charge in [-0.1, -0.05) is 13.8 Å². The lowest BCUT2D eigenvalue weighted by atomic mass is 9.93. The van der Waals surface area contributed by atoms with Crippen LogP contribution in [-0.4, -0.2) is 48.9 Å². The molecule has 4 N–H and O–H groups in total. The molecule has 1 aromatic carbocycles. The van der Waals surface area contributed by atoms with Gasteiger partial charge >= 0.3 is 12.4 Å². The summed E-state index contributed by atoms with van der Waals surface area (Å²) in [6, 6.07) is 4.37. The number of nitrogens with two attached hydrogens (primary N) is 1. The number of hydrogen-bond donors (Lipinski definition) is 3. The van der Waals surface area contributed by atoms with E-state index in [9.17, 15) is 22.8 Å². The van der Waals surface area contributed by atoms with Crippen LogP contribution in [0.1, 0.15) is 39.5 Å². The number of rotatable bonds is 8. The number of nitrogens with one attached hydrogen (secondary N) is 2. The lowest BCUT2D eigenvalue weighted by molar-refractivity contribution is -0.274. The third-order valence-corrected chi connectivity index (χ3v) is 5.13. The summed E-state index contributed by atoms with van der Waals surface area (Å²) >= 11 is 0. The molecule has 0 bridgehead atoms. The average molecular weight is 444 g/mol. The van der Waals surface area contributed by atoms with Crippen molar-refractivity contribution < 1.29 is 27.5 Å². The standard InChI is InChI=1S/C21H31F3N4O3/c1-14(2)11-15(13-25)12-19(29)28-9-7-17(8-10-28)27-20(30)26-16-3-5-18(6-4-16)31-21(22,23)24/h3-6,14-15,17H,7-13,25H2,1-2H3,(H2,26,27,30). The first-order valence-corrected chi connectivity index (χ1v) is 10.5. The predicted octanol–water partition coefficient (Wildman–Crippen LogP) is 3.71. The molecule has 1 aromatic rings. The topological polar surface area (TPSA) is 96.7 Å². The molecule has 3 amide bonds. The smallest absolute Gasteiger partial charge is 0.406 e. The van der Waals surface area contributed by atoms with Crippen molar-refractivity contribution in [3.8, 4) is 5.75 Å². The number of ether oxygens (including phenoxy) is 1. The quantitative estimate of drug-likeness (QED) is 0.570. The van der Waals surface area contributed by atoms with Crippen LogP contribution in [0.5, 0.6) is 5.75 Å². The van der Waals surface area contributed by atoms with Crippen molar-refractivity contribution in [1.29, 1.82) is 0 Å². The largest absolute Gasteiger partial charge is 0.573 e. The highest BCUT2D eigenvalue weighted by molar-refractivity contribution is 5.89. The molecule has 0 saturated carbocycles. The van der Waals surface area contributed by atoms with Crippen molar-refractivity contribution in [2.45, 2.75) is 51.9 Å². The van der Waals surface area contributed by atoms with Gasteiger partial charge in [-0.3, -0.25) is 4.79 Å². The number of carbonyl (C=O) groups excluding carboxylic acids is 2. The molecule has 1 aliphatic heterocycles. The number of piperidine rings is 1. The maximum Gasteiger partial charge on any atom is 0.573 e. The molecule has 1 atom stereocenters. The SMILES string of the molecule is CC(C)CC(CN)CC(=O)N1CCC(NC(=O)Nc2ccc(OC(F)(F)F)cc2)CC1. The summed E-state index contributed by atoms with van der Waals surface area (Å²) in [6.07, 6.45) is -2.13. The van der Waals surface area contributed by atoms with Crippen LogP contribution in [0.15, 0.2) is 24.3 Å². The van der Waals surface area contributed by atoms with Gasteiger partial charge < -0.3 is 26.0 Å². The lowest BCUT2D eigenvalue weighted by Gasteiger charge is -2.33. The van der Waals surface area contributed by atoms with Gasteiger partial charge in [-0.2, -0.15) is 0 Å². The summed E-state index contributed by atoms with van der Waals surface area (Å²) in [7, 11) is 0. The number of alkyl halides is 3. The van der Waals surface area contributed by atoms with E-state index in [1.54, 1.807) is 0 Å². The molecule has 1 unspecified atom stereocenters. The van der Waals surface area contributed by atoms with Crippen LogP contribution in [0, 0.1) is 11.8 Å². The number of benzene rings is 1. The van der Waals surface area contributed by atoms with E-state index in [-0.39, 0.29) is 23.6 Å². The molecule has 0 spiro atoms. The Hall–Kier alpha value is -2.49. The molecule has 1 fully saturated rings. The summed E-state index contributed by atoms with van der Waals surface area (Å²) in [5.74, 6) is 0.408. The van der Waals surface area contributed by atoms with Gasteiger partial charge in [0.2, 0.25) is 5.91 Å². The van der Waals surface area contributed by atoms with Crippen molar-refractivity contribution in [2.75, 3.05) is 25.0 Å². The second kappa shape index (κ2) is 11.2. The van der Waals surface area contributed by atoms with Crippen LogP contribution in [0.4, 0.5) is 23.7 Å². The maximum absolute atomic E-state index is 12.5. The van der Waals surface area contributed by atoms with Crippen LogP contribution >= 0.6 is 0 Å². The van der Waals surface area contributed by atoms with Crippen LogP contribution in [0.25, 0.3) is 0 Å². The van der Waals surface area contributed by atoms with Gasteiger partial charge in [0, 0.05) is 31.2 Å². The number of urea groups is 1. The van der Waals surface area contributed by atoms with Gasteiger partial charge in [0.1, 0.15) is 5.75 Å². The number of nitrogens with zero attached hydrogens (tertiary/aromatic N) is 1. The first-order valence-electron chi connectivity index (χ1n) is 10.5. The van der Waals surface area contributed by atoms with E-state index in [4.69, 9.17) is 5.73 Å². The van der Waals surface area contributed by atoms with Crippen molar-refractivity contribution in [2.24, 2.45) is 17.6 Å². The van der Waals surface area contributed by atoms with Crippen LogP contribution in [0.2, 0.25) is 0 Å². The van der Waals surface area contributed by atoms with Gasteiger partial charge in [-0.25, -0.2) is 4.79 Å². The fraction of sp³-hybridized carbons (Fsp3) is 0.619. The molecular formula is C21H31F3N4O3. The number of hydrogen-bond acceptors (Lipinski definition) is 4. The van der Waals surface area contributed by atoms with E-state index in [1.165, 1.54) is 12.1 Å². The number of likely N-dealkylation sites (tertiary alicyclic amines) is 1.